The Morgan fingerprint density at radius 2 is 1.57 bits per heavy atom. The molecule has 5 nitrogen and oxygen atoms in total. The molecule has 2 aromatic carbocycles. The molecule has 3 rings (SSSR count). The average molecular weight is 369 g/mol. The third-order valence-electron chi connectivity index (χ3n) is 3.05. The van der Waals surface area contributed by atoms with Crippen molar-refractivity contribution in [3.8, 4) is 0 Å². The fourth-order valence-corrected chi connectivity index (χ4v) is 2.18. The van der Waals surface area contributed by atoms with E-state index in [1.807, 2.05) is 42.5 Å². The second-order valence-electron chi connectivity index (χ2n) is 4.76. The van der Waals surface area contributed by atoms with Crippen LogP contribution in [0.1, 0.15) is 10.5 Å². The molecule has 1 aromatic heterocycles. The lowest BCUT2D eigenvalue weighted by Crippen LogP contribution is -2.14. The summed E-state index contributed by atoms with van der Waals surface area (Å²) in [5, 5.41) is 13.9. The van der Waals surface area contributed by atoms with Crippen LogP contribution in [0, 0.1) is 0 Å². The summed E-state index contributed by atoms with van der Waals surface area (Å²) in [6.07, 6.45) is 0. The van der Waals surface area contributed by atoms with Gasteiger partial charge in [-0.2, -0.15) is 0 Å². The number of aromatic nitrogens is 2. The summed E-state index contributed by atoms with van der Waals surface area (Å²) in [6.45, 7) is 0. The van der Waals surface area contributed by atoms with Crippen LogP contribution in [0.4, 0.5) is 17.2 Å². The molecule has 0 aliphatic heterocycles. The van der Waals surface area contributed by atoms with Gasteiger partial charge in [-0.3, -0.25) is 4.79 Å². The van der Waals surface area contributed by atoms with E-state index < -0.39 is 0 Å². The Labute approximate surface area is 141 Å². The smallest absolute Gasteiger partial charge is 0.276 e. The minimum atomic E-state index is -0.300. The minimum Gasteiger partial charge on any atom is -0.339 e. The standard InChI is InChI=1S/C17H13BrN4O/c18-12-6-8-14(9-7-12)20-17(23)15-10-11-16(22-21-15)19-13-4-2-1-3-5-13/h1-11H,(H,19,22)(H,20,23). The number of hydrogen-bond acceptors (Lipinski definition) is 4. The zero-order valence-corrected chi connectivity index (χ0v) is 13.6. The van der Waals surface area contributed by atoms with Gasteiger partial charge < -0.3 is 10.6 Å². The fraction of sp³-hybridized carbons (Fsp3) is 0. The SMILES string of the molecule is O=C(Nc1ccc(Br)cc1)c1ccc(Nc2ccccc2)nn1. The van der Waals surface area contributed by atoms with Crippen LogP contribution in [-0.2, 0) is 0 Å². The molecule has 6 heteroatoms. The van der Waals surface area contributed by atoms with E-state index in [4.69, 9.17) is 0 Å². The molecule has 23 heavy (non-hydrogen) atoms. The lowest BCUT2D eigenvalue weighted by atomic mass is 10.3. The fourth-order valence-electron chi connectivity index (χ4n) is 1.92. The maximum Gasteiger partial charge on any atom is 0.276 e. The number of halogens is 1. The summed E-state index contributed by atoms with van der Waals surface area (Å²) in [5.41, 5.74) is 1.87. The molecule has 1 heterocycles. The number of rotatable bonds is 4. The first-order valence-electron chi connectivity index (χ1n) is 6.93. The topological polar surface area (TPSA) is 66.9 Å². The molecule has 1 amide bonds. The largest absolute Gasteiger partial charge is 0.339 e. The van der Waals surface area contributed by atoms with Gasteiger partial charge in [-0.1, -0.05) is 34.1 Å². The summed E-state index contributed by atoms with van der Waals surface area (Å²) in [7, 11) is 0. The zero-order valence-electron chi connectivity index (χ0n) is 12.0. The highest BCUT2D eigenvalue weighted by Gasteiger charge is 2.08. The van der Waals surface area contributed by atoms with Crippen molar-refractivity contribution >= 4 is 39.0 Å². The third kappa shape index (κ3) is 4.14. The van der Waals surface area contributed by atoms with Crippen LogP contribution in [0.25, 0.3) is 0 Å². The van der Waals surface area contributed by atoms with Crippen molar-refractivity contribution in [3.05, 3.63) is 76.9 Å². The van der Waals surface area contributed by atoms with E-state index in [2.05, 4.69) is 36.8 Å². The quantitative estimate of drug-likeness (QED) is 0.722. The molecule has 3 aromatic rings. The minimum absolute atomic E-state index is 0.256. The first-order valence-corrected chi connectivity index (χ1v) is 7.73. The van der Waals surface area contributed by atoms with Gasteiger partial charge in [0.15, 0.2) is 11.5 Å². The molecular formula is C17H13BrN4O. The molecule has 0 saturated heterocycles. The van der Waals surface area contributed by atoms with Crippen LogP contribution in [0.15, 0.2) is 71.2 Å². The highest BCUT2D eigenvalue weighted by atomic mass is 79.9. The van der Waals surface area contributed by atoms with E-state index in [9.17, 15) is 4.79 Å². The number of benzene rings is 2. The summed E-state index contributed by atoms with van der Waals surface area (Å²) in [5.74, 6) is 0.280. The Bertz CT molecular complexity index is 789. The van der Waals surface area contributed by atoms with Crippen molar-refractivity contribution < 1.29 is 4.79 Å². The van der Waals surface area contributed by atoms with Crippen molar-refractivity contribution in [2.24, 2.45) is 0 Å². The molecule has 0 aliphatic rings. The van der Waals surface area contributed by atoms with E-state index in [0.29, 0.717) is 11.5 Å². The molecule has 0 fully saturated rings. The van der Waals surface area contributed by atoms with Crippen LogP contribution in [0.3, 0.4) is 0 Å². The number of anilines is 3. The number of hydrogen-bond donors (Lipinski definition) is 2. The normalized spacial score (nSPS) is 10.1. The van der Waals surface area contributed by atoms with Crippen molar-refractivity contribution in [2.75, 3.05) is 10.6 Å². The summed E-state index contributed by atoms with van der Waals surface area (Å²) >= 11 is 3.35. The van der Waals surface area contributed by atoms with E-state index in [0.717, 1.165) is 10.2 Å². The molecule has 0 unspecified atom stereocenters. The van der Waals surface area contributed by atoms with E-state index in [1.165, 1.54) is 0 Å². The van der Waals surface area contributed by atoms with Gasteiger partial charge in [0.05, 0.1) is 0 Å². The van der Waals surface area contributed by atoms with Crippen molar-refractivity contribution in [1.82, 2.24) is 10.2 Å². The van der Waals surface area contributed by atoms with Gasteiger partial charge in [0.1, 0.15) is 0 Å². The molecule has 0 bridgehead atoms. The monoisotopic (exact) mass is 368 g/mol. The van der Waals surface area contributed by atoms with Crippen LogP contribution in [0.5, 0.6) is 0 Å². The highest BCUT2D eigenvalue weighted by molar-refractivity contribution is 9.10. The maximum absolute atomic E-state index is 12.1. The number of carbonyl (C=O) groups is 1. The molecule has 114 valence electrons. The zero-order chi connectivity index (χ0) is 16.1. The van der Waals surface area contributed by atoms with Gasteiger partial charge in [0.2, 0.25) is 0 Å². The van der Waals surface area contributed by atoms with Gasteiger partial charge in [0.25, 0.3) is 5.91 Å². The first-order chi connectivity index (χ1) is 11.2. The second-order valence-corrected chi connectivity index (χ2v) is 5.67. The molecule has 0 spiro atoms. The third-order valence-corrected chi connectivity index (χ3v) is 3.57. The predicted octanol–water partition coefficient (Wildman–Crippen LogP) is 4.24. The van der Waals surface area contributed by atoms with Gasteiger partial charge in [0, 0.05) is 15.8 Å². The maximum atomic E-state index is 12.1. The van der Waals surface area contributed by atoms with Gasteiger partial charge in [-0.15, -0.1) is 10.2 Å². The number of carbonyl (C=O) groups excluding carboxylic acids is 1. The number of nitrogens with zero attached hydrogens (tertiary/aromatic N) is 2. The molecule has 2 N–H and O–H groups in total. The van der Waals surface area contributed by atoms with E-state index in [1.54, 1.807) is 24.3 Å². The average Bonchev–Trinajstić information content (AvgIpc) is 2.58. The Kier molecular flexibility index (Phi) is 4.63. The Balaban J connectivity index is 1.66. The molecule has 0 aliphatic carbocycles. The Morgan fingerprint density at radius 3 is 2.22 bits per heavy atom. The number of amides is 1. The van der Waals surface area contributed by atoms with Crippen molar-refractivity contribution in [2.45, 2.75) is 0 Å². The second kappa shape index (κ2) is 7.02. The van der Waals surface area contributed by atoms with Crippen LogP contribution in [-0.4, -0.2) is 16.1 Å². The van der Waals surface area contributed by atoms with Gasteiger partial charge in [-0.25, -0.2) is 0 Å². The van der Waals surface area contributed by atoms with E-state index in [-0.39, 0.29) is 11.6 Å². The van der Waals surface area contributed by atoms with Crippen LogP contribution < -0.4 is 10.6 Å². The lowest BCUT2D eigenvalue weighted by molar-refractivity contribution is 0.102. The van der Waals surface area contributed by atoms with Crippen LogP contribution >= 0.6 is 15.9 Å². The summed E-state index contributed by atoms with van der Waals surface area (Å²) in [4.78, 5) is 12.1. The molecular weight excluding hydrogens is 356 g/mol. The number of para-hydroxylation sites is 1. The Hall–Kier alpha value is -2.73. The van der Waals surface area contributed by atoms with Gasteiger partial charge in [-0.05, 0) is 48.5 Å². The lowest BCUT2D eigenvalue weighted by Gasteiger charge is -2.06. The van der Waals surface area contributed by atoms with E-state index >= 15 is 0 Å². The molecule has 0 atom stereocenters. The number of nitrogens with one attached hydrogen (secondary N) is 2. The highest BCUT2D eigenvalue weighted by Crippen LogP contribution is 2.16. The Morgan fingerprint density at radius 1 is 0.826 bits per heavy atom. The first kappa shape index (κ1) is 15.2. The van der Waals surface area contributed by atoms with Gasteiger partial charge >= 0.3 is 0 Å². The van der Waals surface area contributed by atoms with Crippen molar-refractivity contribution in [1.29, 1.82) is 0 Å². The van der Waals surface area contributed by atoms with Crippen molar-refractivity contribution in [3.63, 3.8) is 0 Å². The summed E-state index contributed by atoms with van der Waals surface area (Å²) in [6, 6.07) is 20.3. The molecule has 0 radical (unpaired) electrons. The van der Waals surface area contributed by atoms with Crippen LogP contribution in [0.2, 0.25) is 0 Å². The molecule has 0 saturated carbocycles. The summed E-state index contributed by atoms with van der Waals surface area (Å²) < 4.78 is 0.951. The predicted molar refractivity (Wildman–Crippen MR) is 93.9 cm³/mol.